The Morgan fingerprint density at radius 3 is 1.83 bits per heavy atom. The van der Waals surface area contributed by atoms with Gasteiger partial charge >= 0.3 is 50.5 Å². The topological polar surface area (TPSA) is 20.2 Å². The standard InChI is InChI=1S/C10H16OSi.C9H13.C5H10.2ClH.Ti/c1-8-5-9(11)7-10(6-8)12(2,3)4;1-9(2,3)8-6-4-5-7-8;1-3-5-4-2;;;/h5-7,11H,1-4H3;4,6H,5H2,1-3H3;3-4H2,1-2H3;2*1H;/q;-1;;;;+1. The van der Waals surface area contributed by atoms with E-state index in [2.05, 4.69) is 98.5 Å². The Kier molecular flexibility index (Phi) is 18.1. The average Bonchev–Trinajstić information content (AvgIpc) is 3.08. The summed E-state index contributed by atoms with van der Waals surface area (Å²) >= 11 is 2.19. The number of halogens is 2. The first-order valence-corrected chi connectivity index (χ1v) is 14.2. The molecule has 0 amide bonds. The van der Waals surface area contributed by atoms with Crippen molar-refractivity contribution in [3.8, 4) is 5.75 Å². The molecular weight excluding hydrogens is 451 g/mol. The van der Waals surface area contributed by atoms with E-state index in [-0.39, 0.29) is 24.8 Å². The van der Waals surface area contributed by atoms with Crippen LogP contribution in [0.5, 0.6) is 5.75 Å². The van der Waals surface area contributed by atoms with Crippen molar-refractivity contribution in [2.45, 2.75) is 80.4 Å². The predicted octanol–water partition coefficient (Wildman–Crippen LogP) is 7.34. The number of benzene rings is 1. The van der Waals surface area contributed by atoms with Gasteiger partial charge in [-0.1, -0.05) is 51.7 Å². The normalized spacial score (nSPS) is 12.3. The van der Waals surface area contributed by atoms with Gasteiger partial charge in [0.2, 0.25) is 0 Å². The molecule has 1 aliphatic carbocycles. The molecule has 0 spiro atoms. The molecule has 29 heavy (non-hydrogen) atoms. The monoisotopic (exact) mass is 491 g/mol. The van der Waals surface area contributed by atoms with E-state index in [0.717, 1.165) is 12.0 Å². The van der Waals surface area contributed by atoms with Gasteiger partial charge in [-0.25, -0.2) is 11.6 Å². The minimum atomic E-state index is -1.26. The van der Waals surface area contributed by atoms with Crippen LogP contribution in [-0.4, -0.2) is 17.0 Å². The Bertz CT molecular complexity index is 642. The first kappa shape index (κ1) is 33.5. The third kappa shape index (κ3) is 15.3. The van der Waals surface area contributed by atoms with Crippen molar-refractivity contribution in [2.24, 2.45) is 5.41 Å². The minimum Gasteiger partial charge on any atom is -0.508 e. The van der Waals surface area contributed by atoms with Crippen LogP contribution in [0.25, 0.3) is 0 Å². The summed E-state index contributed by atoms with van der Waals surface area (Å²) in [6, 6.07) is 5.86. The van der Waals surface area contributed by atoms with Crippen molar-refractivity contribution in [1.82, 2.24) is 0 Å². The number of hydrogen-bond acceptors (Lipinski definition) is 1. The Hall–Kier alpha value is -0.119. The fourth-order valence-electron chi connectivity index (χ4n) is 2.37. The van der Waals surface area contributed by atoms with Gasteiger partial charge in [-0.15, -0.1) is 31.2 Å². The summed E-state index contributed by atoms with van der Waals surface area (Å²) in [5.74, 6) is 0.396. The number of allylic oxidation sites excluding steroid dienone is 4. The molecule has 165 valence electrons. The van der Waals surface area contributed by atoms with E-state index in [1.165, 1.54) is 23.6 Å². The summed E-state index contributed by atoms with van der Waals surface area (Å²) < 4.78 is 1.59. The molecule has 1 aliphatic rings. The van der Waals surface area contributed by atoms with Gasteiger partial charge in [0.15, 0.2) is 0 Å². The van der Waals surface area contributed by atoms with Gasteiger partial charge in [0.05, 0.1) is 8.07 Å². The molecule has 0 unspecified atom stereocenters. The van der Waals surface area contributed by atoms with Crippen LogP contribution >= 0.6 is 24.8 Å². The van der Waals surface area contributed by atoms with E-state index in [1.807, 2.05) is 13.0 Å². The summed E-state index contributed by atoms with van der Waals surface area (Å²) in [6.45, 7) is 19.9. The Balaban J connectivity index is -0.000000357. The van der Waals surface area contributed by atoms with E-state index < -0.39 is 8.07 Å². The van der Waals surface area contributed by atoms with Gasteiger partial charge in [0, 0.05) is 0 Å². The van der Waals surface area contributed by atoms with E-state index in [1.54, 1.807) is 9.88 Å². The van der Waals surface area contributed by atoms with E-state index in [9.17, 15) is 5.11 Å². The van der Waals surface area contributed by atoms with Crippen molar-refractivity contribution < 1.29 is 25.1 Å². The molecule has 0 bridgehead atoms. The number of phenolic OH excluding ortho intramolecular Hbond substituents is 1. The van der Waals surface area contributed by atoms with Gasteiger partial charge in [-0.05, 0) is 30.0 Å². The molecule has 0 saturated heterocycles. The van der Waals surface area contributed by atoms with Crippen molar-refractivity contribution in [2.75, 3.05) is 0 Å². The molecule has 0 aromatic heterocycles. The summed E-state index contributed by atoms with van der Waals surface area (Å²) in [7, 11) is -1.26. The summed E-state index contributed by atoms with van der Waals surface area (Å²) in [5.41, 5.74) is 2.79. The van der Waals surface area contributed by atoms with Crippen molar-refractivity contribution in [3.05, 3.63) is 47.6 Å². The summed E-state index contributed by atoms with van der Waals surface area (Å²) in [6.07, 6.45) is 11.1. The molecule has 2 rings (SSSR count). The Morgan fingerprint density at radius 2 is 1.59 bits per heavy atom. The zero-order valence-corrected chi connectivity index (χ0v) is 24.0. The predicted molar refractivity (Wildman–Crippen MR) is 136 cm³/mol. The molecular formula is C24H41Cl2OSiTi. The molecule has 1 aromatic rings. The second kappa shape index (κ2) is 15.6. The maximum atomic E-state index is 9.38. The van der Waals surface area contributed by atoms with Gasteiger partial charge < -0.3 is 5.11 Å². The van der Waals surface area contributed by atoms with E-state index >= 15 is 0 Å². The number of aryl methyl sites for hydroxylation is 1. The van der Waals surface area contributed by atoms with Crippen LogP contribution in [-0.2, 0) is 20.0 Å². The number of aromatic hydroxyl groups is 1. The van der Waals surface area contributed by atoms with Gasteiger partial charge in [-0.2, -0.15) is 6.08 Å². The maximum absolute atomic E-state index is 9.38. The Labute approximate surface area is 205 Å². The van der Waals surface area contributed by atoms with Crippen LogP contribution in [0.15, 0.2) is 35.9 Å². The number of hydrogen-bond donors (Lipinski definition) is 1. The zero-order valence-electron chi connectivity index (χ0n) is 19.8. The van der Waals surface area contributed by atoms with Gasteiger partial charge in [0.1, 0.15) is 5.75 Å². The molecule has 0 atom stereocenters. The van der Waals surface area contributed by atoms with Gasteiger partial charge in [0.25, 0.3) is 0 Å². The third-order valence-corrected chi connectivity index (χ3v) is 7.41. The SMILES string of the molecule is CC(C)(C)C1=[C-]CC=C1.CC[C](=[Ti+])CC.Cc1cc(O)cc([Si](C)(C)C)c1.Cl.Cl. The van der Waals surface area contributed by atoms with Crippen LogP contribution in [0.3, 0.4) is 0 Å². The first-order valence-electron chi connectivity index (χ1n) is 9.96. The maximum Gasteiger partial charge on any atom is 0.115 e. The molecule has 0 saturated carbocycles. The first-order chi connectivity index (χ1) is 12.3. The van der Waals surface area contributed by atoms with E-state index in [0.29, 0.717) is 11.2 Å². The molecule has 0 aliphatic heterocycles. The van der Waals surface area contributed by atoms with Crippen molar-refractivity contribution >= 4 is 41.9 Å². The average molecular weight is 492 g/mol. The molecule has 0 radical (unpaired) electrons. The number of phenols is 1. The quantitative estimate of drug-likeness (QED) is 0.346. The van der Waals surface area contributed by atoms with Crippen LogP contribution in [0, 0.1) is 18.4 Å². The molecule has 0 heterocycles. The van der Waals surface area contributed by atoms with Crippen LogP contribution in [0.4, 0.5) is 0 Å². The van der Waals surface area contributed by atoms with Gasteiger partial charge in [-0.3, -0.25) is 6.08 Å². The molecule has 1 N–H and O–H groups in total. The summed E-state index contributed by atoms with van der Waals surface area (Å²) in [4.78, 5) is 0. The third-order valence-electron chi connectivity index (χ3n) is 4.28. The Morgan fingerprint density at radius 1 is 1.07 bits per heavy atom. The zero-order chi connectivity index (χ0) is 21.3. The molecule has 1 nitrogen and oxygen atoms in total. The van der Waals surface area contributed by atoms with Crippen LogP contribution in [0.2, 0.25) is 19.6 Å². The van der Waals surface area contributed by atoms with Crippen LogP contribution in [0.1, 0.15) is 59.4 Å². The second-order valence-electron chi connectivity index (χ2n) is 9.06. The van der Waals surface area contributed by atoms with E-state index in [4.69, 9.17) is 0 Å². The van der Waals surface area contributed by atoms with Crippen molar-refractivity contribution in [3.63, 3.8) is 0 Å². The van der Waals surface area contributed by atoms with Crippen LogP contribution < -0.4 is 5.19 Å². The number of rotatable bonds is 3. The molecule has 1 aromatic carbocycles. The fourth-order valence-corrected chi connectivity index (χ4v) is 3.61. The summed E-state index contributed by atoms with van der Waals surface area (Å²) in [5, 5.41) is 10.7. The largest absolute Gasteiger partial charge is 0.508 e. The minimum absolute atomic E-state index is 0. The second-order valence-corrected chi connectivity index (χ2v) is 15.2. The van der Waals surface area contributed by atoms with Crippen molar-refractivity contribution in [1.29, 1.82) is 0 Å². The fraction of sp³-hybridized carbons (Fsp3) is 0.542. The smallest absolute Gasteiger partial charge is 0.115 e. The molecule has 5 heteroatoms. The molecule has 0 fully saturated rings.